The molecule has 0 radical (unpaired) electrons. The molecule has 1 aromatic heterocycles. The molecule has 1 amide bonds. The standard InChI is InChI=1S/C22H20ClN3O4/c1-29-17-3-2-4-18-19(17)16(27)11-22(30-18)5-7-26(8-6-22)21(28)13-9-14-12-24-25-20(14)15(23)10-13/h2-4,9-10,12H,5-8,11H2,1H3,(H,24,25). The summed E-state index contributed by atoms with van der Waals surface area (Å²) < 4.78 is 11.6. The van der Waals surface area contributed by atoms with E-state index in [1.807, 2.05) is 6.07 Å². The minimum absolute atomic E-state index is 0.0191. The molecule has 30 heavy (non-hydrogen) atoms. The predicted octanol–water partition coefficient (Wildman–Crippen LogP) is 3.87. The van der Waals surface area contributed by atoms with E-state index in [9.17, 15) is 9.59 Å². The number of hydrogen-bond acceptors (Lipinski definition) is 5. The SMILES string of the molecule is COc1cccc2c1C(=O)CC1(CCN(C(=O)c3cc(Cl)c4[nH]ncc4c3)CC1)O2. The first-order valence-corrected chi connectivity index (χ1v) is 10.2. The molecule has 2 aromatic carbocycles. The summed E-state index contributed by atoms with van der Waals surface area (Å²) >= 11 is 6.28. The molecule has 8 heteroatoms. The van der Waals surface area contributed by atoms with Gasteiger partial charge in [0, 0.05) is 36.9 Å². The van der Waals surface area contributed by atoms with Crippen LogP contribution in [-0.4, -0.2) is 52.6 Å². The van der Waals surface area contributed by atoms with Crippen molar-refractivity contribution in [1.29, 1.82) is 0 Å². The minimum Gasteiger partial charge on any atom is -0.496 e. The lowest BCUT2D eigenvalue weighted by molar-refractivity contribution is -0.00598. The minimum atomic E-state index is -0.584. The normalized spacial score (nSPS) is 17.7. The molecule has 0 atom stereocenters. The quantitative estimate of drug-likeness (QED) is 0.673. The third kappa shape index (κ3) is 3.01. The molecule has 0 aliphatic carbocycles. The molecule has 0 saturated carbocycles. The summed E-state index contributed by atoms with van der Waals surface area (Å²) in [6, 6.07) is 8.84. The number of H-pyrrole nitrogens is 1. The van der Waals surface area contributed by atoms with E-state index >= 15 is 0 Å². The fourth-order valence-electron chi connectivity index (χ4n) is 4.41. The van der Waals surface area contributed by atoms with Gasteiger partial charge in [0.05, 0.1) is 30.3 Å². The summed E-state index contributed by atoms with van der Waals surface area (Å²) in [5.74, 6) is 1.03. The van der Waals surface area contributed by atoms with Crippen LogP contribution in [0.5, 0.6) is 11.5 Å². The van der Waals surface area contributed by atoms with Crippen LogP contribution in [0.4, 0.5) is 0 Å². The number of halogens is 1. The molecule has 2 aliphatic heterocycles. The molecule has 0 unspecified atom stereocenters. The third-order valence-corrected chi connectivity index (χ3v) is 6.30. The number of Topliss-reactive ketones (excluding diaryl/α,β-unsaturated/α-hetero) is 1. The number of likely N-dealkylation sites (tertiary alicyclic amines) is 1. The molecule has 1 saturated heterocycles. The van der Waals surface area contributed by atoms with Crippen molar-refractivity contribution in [3.8, 4) is 11.5 Å². The van der Waals surface area contributed by atoms with Crippen LogP contribution in [0, 0.1) is 0 Å². The lowest BCUT2D eigenvalue weighted by Crippen LogP contribution is -2.52. The molecule has 2 aliphatic rings. The lowest BCUT2D eigenvalue weighted by Gasteiger charge is -2.44. The molecule has 7 nitrogen and oxygen atoms in total. The van der Waals surface area contributed by atoms with Crippen LogP contribution in [-0.2, 0) is 0 Å². The number of nitrogens with one attached hydrogen (secondary N) is 1. The van der Waals surface area contributed by atoms with Crippen molar-refractivity contribution in [3.05, 3.63) is 52.7 Å². The Hall–Kier alpha value is -3.06. The maximum absolute atomic E-state index is 13.0. The van der Waals surface area contributed by atoms with Crippen LogP contribution in [0.15, 0.2) is 36.5 Å². The van der Waals surface area contributed by atoms with Gasteiger partial charge in [-0.05, 0) is 24.3 Å². The number of nitrogens with zero attached hydrogens (tertiary/aromatic N) is 2. The Morgan fingerprint density at radius 1 is 1.30 bits per heavy atom. The number of ketones is 1. The zero-order valence-electron chi connectivity index (χ0n) is 16.4. The lowest BCUT2D eigenvalue weighted by atomic mass is 9.82. The van der Waals surface area contributed by atoms with Gasteiger partial charge in [0.1, 0.15) is 22.7 Å². The number of amides is 1. The first-order valence-electron chi connectivity index (χ1n) is 9.81. The second-order valence-electron chi connectivity index (χ2n) is 7.80. The second-order valence-corrected chi connectivity index (χ2v) is 8.21. The van der Waals surface area contributed by atoms with Gasteiger partial charge in [0.15, 0.2) is 5.78 Å². The molecular weight excluding hydrogens is 406 g/mol. The van der Waals surface area contributed by atoms with Gasteiger partial charge in [-0.15, -0.1) is 0 Å². The van der Waals surface area contributed by atoms with Crippen molar-refractivity contribution in [1.82, 2.24) is 15.1 Å². The first-order chi connectivity index (χ1) is 14.5. The van der Waals surface area contributed by atoms with E-state index in [4.69, 9.17) is 21.1 Å². The van der Waals surface area contributed by atoms with Gasteiger partial charge in [-0.25, -0.2) is 0 Å². The van der Waals surface area contributed by atoms with Gasteiger partial charge in [0.2, 0.25) is 0 Å². The summed E-state index contributed by atoms with van der Waals surface area (Å²) in [7, 11) is 1.55. The van der Waals surface area contributed by atoms with Gasteiger partial charge in [-0.3, -0.25) is 14.7 Å². The number of piperidine rings is 1. The zero-order valence-corrected chi connectivity index (χ0v) is 17.2. The topological polar surface area (TPSA) is 84.5 Å². The molecule has 0 bridgehead atoms. The zero-order chi connectivity index (χ0) is 20.9. The van der Waals surface area contributed by atoms with E-state index in [2.05, 4.69) is 10.2 Å². The van der Waals surface area contributed by atoms with Crippen molar-refractivity contribution in [2.24, 2.45) is 0 Å². The number of rotatable bonds is 2. The highest BCUT2D eigenvalue weighted by molar-refractivity contribution is 6.35. The van der Waals surface area contributed by atoms with Crippen LogP contribution in [0.25, 0.3) is 10.9 Å². The summed E-state index contributed by atoms with van der Waals surface area (Å²) in [6.45, 7) is 1.01. The smallest absolute Gasteiger partial charge is 0.253 e. The molecule has 1 N–H and O–H groups in total. The fraction of sp³-hybridized carbons (Fsp3) is 0.318. The number of benzene rings is 2. The van der Waals surface area contributed by atoms with E-state index in [0.717, 1.165) is 5.39 Å². The number of aromatic amines is 1. The Morgan fingerprint density at radius 3 is 2.87 bits per heavy atom. The highest BCUT2D eigenvalue weighted by Gasteiger charge is 2.44. The second kappa shape index (κ2) is 7.02. The molecule has 1 spiro atoms. The first kappa shape index (κ1) is 18.9. The third-order valence-electron chi connectivity index (χ3n) is 6.01. The monoisotopic (exact) mass is 425 g/mol. The van der Waals surface area contributed by atoms with Gasteiger partial charge < -0.3 is 14.4 Å². The van der Waals surface area contributed by atoms with Gasteiger partial charge in [-0.1, -0.05) is 17.7 Å². The van der Waals surface area contributed by atoms with Crippen LogP contribution >= 0.6 is 11.6 Å². The number of fused-ring (bicyclic) bond motifs is 2. The maximum atomic E-state index is 13.0. The molecule has 154 valence electrons. The summed E-state index contributed by atoms with van der Waals surface area (Å²) in [5.41, 5.74) is 1.17. The van der Waals surface area contributed by atoms with Crippen molar-refractivity contribution in [3.63, 3.8) is 0 Å². The van der Waals surface area contributed by atoms with Gasteiger partial charge in [-0.2, -0.15) is 5.10 Å². The molecule has 3 heterocycles. The van der Waals surface area contributed by atoms with E-state index in [1.165, 1.54) is 0 Å². The highest BCUT2D eigenvalue weighted by Crippen LogP contribution is 2.42. The molecule has 1 fully saturated rings. The van der Waals surface area contributed by atoms with Crippen LogP contribution in [0.1, 0.15) is 40.0 Å². The van der Waals surface area contributed by atoms with Gasteiger partial charge in [0.25, 0.3) is 5.91 Å². The summed E-state index contributed by atoms with van der Waals surface area (Å²) in [6.07, 6.45) is 3.11. The number of methoxy groups -OCH3 is 1. The van der Waals surface area contributed by atoms with Crippen molar-refractivity contribution < 1.29 is 19.1 Å². The predicted molar refractivity (Wildman–Crippen MR) is 112 cm³/mol. The van der Waals surface area contributed by atoms with Gasteiger partial charge >= 0.3 is 0 Å². The Bertz CT molecular complexity index is 1160. The van der Waals surface area contributed by atoms with Crippen LogP contribution in [0.2, 0.25) is 5.02 Å². The van der Waals surface area contributed by atoms with Crippen molar-refractivity contribution >= 4 is 34.2 Å². The Labute approximate surface area is 177 Å². The molecule has 3 aromatic rings. The van der Waals surface area contributed by atoms with Crippen molar-refractivity contribution in [2.45, 2.75) is 24.9 Å². The number of carbonyl (C=O) groups excluding carboxylic acids is 2. The highest BCUT2D eigenvalue weighted by atomic mass is 35.5. The van der Waals surface area contributed by atoms with E-state index < -0.39 is 5.60 Å². The average Bonchev–Trinajstić information content (AvgIpc) is 3.22. The fourth-order valence-corrected chi connectivity index (χ4v) is 4.68. The Morgan fingerprint density at radius 2 is 2.10 bits per heavy atom. The Balaban J connectivity index is 1.34. The summed E-state index contributed by atoms with van der Waals surface area (Å²) in [4.78, 5) is 27.7. The number of ether oxygens (including phenoxy) is 2. The van der Waals surface area contributed by atoms with Crippen molar-refractivity contribution in [2.75, 3.05) is 20.2 Å². The molecular formula is C22H20ClN3O4. The number of aromatic nitrogens is 2. The van der Waals surface area contributed by atoms with Crippen LogP contribution in [0.3, 0.4) is 0 Å². The Kier molecular flexibility index (Phi) is 4.43. The largest absolute Gasteiger partial charge is 0.496 e. The number of carbonyl (C=O) groups is 2. The maximum Gasteiger partial charge on any atom is 0.253 e. The molecule has 5 rings (SSSR count). The van der Waals surface area contributed by atoms with E-state index in [0.29, 0.717) is 59.1 Å². The summed E-state index contributed by atoms with van der Waals surface area (Å²) in [5, 5.41) is 8.07. The average molecular weight is 426 g/mol. The van der Waals surface area contributed by atoms with E-state index in [1.54, 1.807) is 42.5 Å². The van der Waals surface area contributed by atoms with E-state index in [-0.39, 0.29) is 18.1 Å². The number of hydrogen-bond donors (Lipinski definition) is 1. The van der Waals surface area contributed by atoms with Crippen LogP contribution < -0.4 is 9.47 Å².